The molecule has 2 amide bonds. The van der Waals surface area contributed by atoms with E-state index in [-0.39, 0.29) is 17.7 Å². The quantitative estimate of drug-likeness (QED) is 0.695. The molecule has 1 saturated heterocycles. The predicted molar refractivity (Wildman–Crippen MR) is 110 cm³/mol. The number of carbonyl (C=O) groups excluding carboxylic acids is 2. The number of rotatable bonds is 5. The topological polar surface area (TPSA) is 75.2 Å². The van der Waals surface area contributed by atoms with E-state index in [4.69, 9.17) is 11.6 Å². The lowest BCUT2D eigenvalue weighted by Gasteiger charge is -2.16. The fraction of sp³-hybridized carbons (Fsp3) is 0.300. The van der Waals surface area contributed by atoms with Crippen molar-refractivity contribution in [1.82, 2.24) is 19.0 Å². The highest BCUT2D eigenvalue weighted by Gasteiger charge is 2.31. The molecule has 0 aliphatic carbocycles. The molecule has 144 valence electrons. The number of hydrogen-bond acceptors (Lipinski definition) is 5. The molecule has 8 heteroatoms. The zero-order valence-electron chi connectivity index (χ0n) is 15.1. The summed E-state index contributed by atoms with van der Waals surface area (Å²) in [5.74, 6) is -0.228. The highest BCUT2D eigenvalue weighted by atomic mass is 35.5. The molecule has 1 aliphatic heterocycles. The summed E-state index contributed by atoms with van der Waals surface area (Å²) in [6.45, 7) is 1.60. The molecule has 6 nitrogen and oxygen atoms in total. The summed E-state index contributed by atoms with van der Waals surface area (Å²) in [6, 6.07) is 12.9. The first-order chi connectivity index (χ1) is 13.6. The van der Waals surface area contributed by atoms with Crippen LogP contribution in [0.1, 0.15) is 22.3 Å². The van der Waals surface area contributed by atoms with Crippen LogP contribution in [0.3, 0.4) is 0 Å². The van der Waals surface area contributed by atoms with Crippen molar-refractivity contribution in [2.45, 2.75) is 12.8 Å². The molecule has 1 atom stereocenters. The molecule has 1 aliphatic rings. The van der Waals surface area contributed by atoms with Gasteiger partial charge in [-0.3, -0.25) is 9.59 Å². The van der Waals surface area contributed by atoms with E-state index in [0.29, 0.717) is 36.6 Å². The highest BCUT2D eigenvalue weighted by Crippen LogP contribution is 2.21. The minimum Gasteiger partial charge on any atom is -0.355 e. The number of nitrogens with one attached hydrogen (secondary N) is 1. The number of amides is 2. The molecule has 4 rings (SSSR count). The lowest BCUT2D eigenvalue weighted by atomic mass is 10.1. The van der Waals surface area contributed by atoms with Crippen molar-refractivity contribution >= 4 is 46.2 Å². The Labute approximate surface area is 171 Å². The van der Waals surface area contributed by atoms with Crippen LogP contribution in [-0.4, -0.2) is 45.1 Å². The maximum absolute atomic E-state index is 12.7. The van der Waals surface area contributed by atoms with Crippen LogP contribution < -0.4 is 5.32 Å². The Morgan fingerprint density at radius 3 is 2.75 bits per heavy atom. The van der Waals surface area contributed by atoms with Crippen molar-refractivity contribution in [3.63, 3.8) is 0 Å². The fourth-order valence-electron chi connectivity index (χ4n) is 3.38. The molecule has 28 heavy (non-hydrogen) atoms. The number of hydrogen-bond donors (Lipinski definition) is 1. The third-order valence-corrected chi connectivity index (χ3v) is 5.78. The molecular weight excluding hydrogens is 396 g/mol. The van der Waals surface area contributed by atoms with E-state index in [1.54, 1.807) is 17.0 Å². The van der Waals surface area contributed by atoms with Crippen LogP contribution in [0.5, 0.6) is 0 Å². The normalized spacial score (nSPS) is 16.5. The van der Waals surface area contributed by atoms with Gasteiger partial charge in [-0.15, -0.1) is 0 Å². The van der Waals surface area contributed by atoms with Crippen LogP contribution in [0.4, 0.5) is 0 Å². The largest absolute Gasteiger partial charge is 0.355 e. The number of likely N-dealkylation sites (tertiary alicyclic amines) is 1. The molecule has 0 saturated carbocycles. The second-order valence-electron chi connectivity index (χ2n) is 6.87. The van der Waals surface area contributed by atoms with Gasteiger partial charge in [0.1, 0.15) is 11.0 Å². The summed E-state index contributed by atoms with van der Waals surface area (Å²) in [4.78, 5) is 26.9. The molecule has 2 heterocycles. The standard InChI is InChI=1S/C20H19ClN4O2S/c21-16-4-1-13(2-5-16)7-9-22-19(26)15-8-10-25(12-15)20(27)14-3-6-17-18(11-14)24-28-23-17/h1-6,11,15H,7-10,12H2,(H,22,26)/t15-/m1/s1. The maximum Gasteiger partial charge on any atom is 0.253 e. The van der Waals surface area contributed by atoms with Gasteiger partial charge >= 0.3 is 0 Å². The van der Waals surface area contributed by atoms with Crippen molar-refractivity contribution in [2.24, 2.45) is 5.92 Å². The van der Waals surface area contributed by atoms with Gasteiger partial charge in [-0.2, -0.15) is 8.75 Å². The number of benzene rings is 2. The molecule has 0 unspecified atom stereocenters. The summed E-state index contributed by atoms with van der Waals surface area (Å²) in [7, 11) is 0. The van der Waals surface area contributed by atoms with Crippen LogP contribution in [0.25, 0.3) is 11.0 Å². The number of aromatic nitrogens is 2. The van der Waals surface area contributed by atoms with E-state index >= 15 is 0 Å². The SMILES string of the molecule is O=C(NCCc1ccc(Cl)cc1)[C@@H]1CCN(C(=O)c2ccc3nsnc3c2)C1. The minimum atomic E-state index is -0.168. The number of halogens is 1. The summed E-state index contributed by atoms with van der Waals surface area (Å²) in [5.41, 5.74) is 3.23. The van der Waals surface area contributed by atoms with E-state index in [2.05, 4.69) is 14.1 Å². The molecule has 0 radical (unpaired) electrons. The van der Waals surface area contributed by atoms with Crippen molar-refractivity contribution in [1.29, 1.82) is 0 Å². The summed E-state index contributed by atoms with van der Waals surface area (Å²) >= 11 is 7.01. The Kier molecular flexibility index (Phi) is 5.54. The van der Waals surface area contributed by atoms with Gasteiger partial charge in [0, 0.05) is 30.2 Å². The Morgan fingerprint density at radius 1 is 1.14 bits per heavy atom. The van der Waals surface area contributed by atoms with E-state index < -0.39 is 0 Å². The number of fused-ring (bicyclic) bond motifs is 1. The van der Waals surface area contributed by atoms with E-state index in [1.807, 2.05) is 30.3 Å². The first-order valence-electron chi connectivity index (χ1n) is 9.14. The predicted octanol–water partition coefficient (Wildman–Crippen LogP) is 3.17. The lowest BCUT2D eigenvalue weighted by molar-refractivity contribution is -0.124. The highest BCUT2D eigenvalue weighted by molar-refractivity contribution is 7.00. The second-order valence-corrected chi connectivity index (χ2v) is 7.84. The average Bonchev–Trinajstić information content (AvgIpc) is 3.38. The van der Waals surface area contributed by atoms with Crippen molar-refractivity contribution in [3.8, 4) is 0 Å². The smallest absolute Gasteiger partial charge is 0.253 e. The maximum atomic E-state index is 12.7. The molecule has 0 bridgehead atoms. The Balaban J connectivity index is 1.29. The lowest BCUT2D eigenvalue weighted by Crippen LogP contribution is -2.35. The molecule has 1 fully saturated rings. The van der Waals surface area contributed by atoms with E-state index in [9.17, 15) is 9.59 Å². The minimum absolute atomic E-state index is 0.00316. The van der Waals surface area contributed by atoms with Gasteiger partial charge in [-0.1, -0.05) is 23.7 Å². The summed E-state index contributed by atoms with van der Waals surface area (Å²) in [6.07, 6.45) is 1.43. The van der Waals surface area contributed by atoms with E-state index in [1.165, 1.54) is 0 Å². The first kappa shape index (κ1) is 18.8. The van der Waals surface area contributed by atoms with E-state index in [0.717, 1.165) is 34.7 Å². The zero-order valence-corrected chi connectivity index (χ0v) is 16.7. The monoisotopic (exact) mass is 414 g/mol. The van der Waals surface area contributed by atoms with Gasteiger partial charge in [0.15, 0.2) is 0 Å². The Hall–Kier alpha value is -2.51. The molecule has 1 N–H and O–H groups in total. The third-order valence-electron chi connectivity index (χ3n) is 4.97. The number of nitrogens with zero attached hydrogens (tertiary/aromatic N) is 3. The van der Waals surface area contributed by atoms with Gasteiger partial charge < -0.3 is 10.2 Å². The molecular formula is C20H19ClN4O2S. The second kappa shape index (κ2) is 8.24. The third kappa shape index (κ3) is 4.15. The molecule has 3 aromatic rings. The van der Waals surface area contributed by atoms with Crippen molar-refractivity contribution in [3.05, 3.63) is 58.6 Å². The summed E-state index contributed by atoms with van der Waals surface area (Å²) in [5, 5.41) is 3.68. The average molecular weight is 415 g/mol. The molecule has 2 aromatic carbocycles. The van der Waals surface area contributed by atoms with Gasteiger partial charge in [-0.05, 0) is 48.7 Å². The van der Waals surface area contributed by atoms with Gasteiger partial charge in [-0.25, -0.2) is 0 Å². The summed E-state index contributed by atoms with van der Waals surface area (Å²) < 4.78 is 8.34. The Bertz CT molecular complexity index is 1000. The molecule has 0 spiro atoms. The first-order valence-corrected chi connectivity index (χ1v) is 10.2. The number of carbonyl (C=O) groups is 2. The Morgan fingerprint density at radius 2 is 1.93 bits per heavy atom. The van der Waals surface area contributed by atoms with Crippen LogP contribution in [-0.2, 0) is 11.2 Å². The fourth-order valence-corrected chi connectivity index (χ4v) is 4.03. The zero-order chi connectivity index (χ0) is 19.5. The van der Waals surface area contributed by atoms with Crippen LogP contribution in [0, 0.1) is 5.92 Å². The van der Waals surface area contributed by atoms with Crippen molar-refractivity contribution < 1.29 is 9.59 Å². The van der Waals surface area contributed by atoms with Crippen LogP contribution in [0.2, 0.25) is 5.02 Å². The van der Waals surface area contributed by atoms with Gasteiger partial charge in [0.05, 0.1) is 17.6 Å². The van der Waals surface area contributed by atoms with Crippen LogP contribution in [0.15, 0.2) is 42.5 Å². The molecule has 1 aromatic heterocycles. The van der Waals surface area contributed by atoms with Gasteiger partial charge in [0.25, 0.3) is 5.91 Å². The van der Waals surface area contributed by atoms with Gasteiger partial charge in [0.2, 0.25) is 5.91 Å². The van der Waals surface area contributed by atoms with Crippen molar-refractivity contribution in [2.75, 3.05) is 19.6 Å². The van der Waals surface area contributed by atoms with Crippen LogP contribution >= 0.6 is 23.3 Å².